The van der Waals surface area contributed by atoms with Crippen LogP contribution in [0.5, 0.6) is 0 Å². The summed E-state index contributed by atoms with van der Waals surface area (Å²) in [5.41, 5.74) is 1.08. The van der Waals surface area contributed by atoms with Crippen molar-refractivity contribution in [1.82, 2.24) is 4.98 Å². The summed E-state index contributed by atoms with van der Waals surface area (Å²) < 4.78 is 5.45. The molecule has 3 heterocycles. The molecule has 0 unspecified atom stereocenters. The predicted molar refractivity (Wildman–Crippen MR) is 68.9 cm³/mol. The number of aldehydes is 1. The molecular formula is C14H18N2O2. The fourth-order valence-electron chi connectivity index (χ4n) is 3.09. The molecule has 4 heteroatoms. The van der Waals surface area contributed by atoms with E-state index in [1.807, 2.05) is 12.1 Å². The molecule has 0 atom stereocenters. The second-order valence-corrected chi connectivity index (χ2v) is 5.32. The molecule has 1 aromatic heterocycles. The zero-order valence-electron chi connectivity index (χ0n) is 10.5. The van der Waals surface area contributed by atoms with Gasteiger partial charge in [0.1, 0.15) is 5.82 Å². The Kier molecular flexibility index (Phi) is 3.04. The zero-order valence-corrected chi connectivity index (χ0v) is 10.5. The Labute approximate surface area is 107 Å². The molecule has 96 valence electrons. The molecule has 2 aliphatic heterocycles. The van der Waals surface area contributed by atoms with Gasteiger partial charge in [0.05, 0.1) is 5.56 Å². The van der Waals surface area contributed by atoms with Gasteiger partial charge < -0.3 is 9.64 Å². The quantitative estimate of drug-likeness (QED) is 0.747. The Morgan fingerprint density at radius 1 is 1.33 bits per heavy atom. The monoisotopic (exact) mass is 246 g/mol. The first-order chi connectivity index (χ1) is 8.83. The predicted octanol–water partition coefficient (Wildman–Crippen LogP) is 1.90. The number of pyridine rings is 1. The number of carbonyl (C=O) groups excluding carboxylic acids is 1. The molecule has 3 rings (SSSR count). The van der Waals surface area contributed by atoms with Gasteiger partial charge in [-0.2, -0.15) is 0 Å². The van der Waals surface area contributed by atoms with Crippen LogP contribution in [-0.2, 0) is 4.74 Å². The van der Waals surface area contributed by atoms with Crippen LogP contribution in [0.25, 0.3) is 0 Å². The normalized spacial score (nSPS) is 22.3. The molecule has 1 aromatic rings. The lowest BCUT2D eigenvalue weighted by atomic mass is 9.80. The molecular weight excluding hydrogens is 228 g/mol. The van der Waals surface area contributed by atoms with E-state index in [4.69, 9.17) is 4.74 Å². The van der Waals surface area contributed by atoms with Crippen LogP contribution in [0.1, 0.15) is 29.6 Å². The zero-order chi connectivity index (χ0) is 12.4. The van der Waals surface area contributed by atoms with Gasteiger partial charge in [0.25, 0.3) is 0 Å². The first-order valence-electron chi connectivity index (χ1n) is 6.56. The number of ether oxygens (including phenoxy) is 1. The molecule has 2 saturated heterocycles. The van der Waals surface area contributed by atoms with E-state index in [1.165, 1.54) is 6.42 Å². The number of nitrogens with zero attached hydrogens (tertiary/aromatic N) is 2. The SMILES string of the molecule is O=Cc1cccnc1N1CCC2(CCOCC2)C1. The third kappa shape index (κ3) is 2.01. The highest BCUT2D eigenvalue weighted by Crippen LogP contribution is 2.41. The van der Waals surface area contributed by atoms with Gasteiger partial charge in [-0.25, -0.2) is 4.98 Å². The summed E-state index contributed by atoms with van der Waals surface area (Å²) in [4.78, 5) is 17.7. The molecule has 0 N–H and O–H groups in total. The highest BCUT2D eigenvalue weighted by atomic mass is 16.5. The second kappa shape index (κ2) is 4.69. The van der Waals surface area contributed by atoms with Crippen LogP contribution in [0.3, 0.4) is 0 Å². The summed E-state index contributed by atoms with van der Waals surface area (Å²) in [6.45, 7) is 3.75. The van der Waals surface area contributed by atoms with E-state index in [9.17, 15) is 4.79 Å². The minimum atomic E-state index is 0.385. The lowest BCUT2D eigenvalue weighted by Gasteiger charge is -2.33. The van der Waals surface area contributed by atoms with Crippen molar-refractivity contribution in [1.29, 1.82) is 0 Å². The topological polar surface area (TPSA) is 42.4 Å². The van der Waals surface area contributed by atoms with Gasteiger partial charge >= 0.3 is 0 Å². The van der Waals surface area contributed by atoms with Crippen LogP contribution in [0, 0.1) is 5.41 Å². The number of hydrogen-bond acceptors (Lipinski definition) is 4. The third-order valence-electron chi connectivity index (χ3n) is 4.24. The summed E-state index contributed by atoms with van der Waals surface area (Å²) in [5.74, 6) is 0.843. The molecule has 0 aromatic carbocycles. The van der Waals surface area contributed by atoms with E-state index < -0.39 is 0 Å². The standard InChI is InChI=1S/C14H18N2O2/c17-10-12-2-1-6-15-13(12)16-7-3-14(11-16)4-8-18-9-5-14/h1-2,6,10H,3-5,7-9,11H2. The van der Waals surface area contributed by atoms with Crippen LogP contribution in [0.2, 0.25) is 0 Å². The van der Waals surface area contributed by atoms with Crippen LogP contribution < -0.4 is 4.90 Å². The van der Waals surface area contributed by atoms with E-state index in [0.29, 0.717) is 11.0 Å². The number of anilines is 1. The van der Waals surface area contributed by atoms with Gasteiger partial charge in [-0.05, 0) is 36.8 Å². The second-order valence-electron chi connectivity index (χ2n) is 5.32. The Morgan fingerprint density at radius 3 is 2.94 bits per heavy atom. The summed E-state index contributed by atoms with van der Waals surface area (Å²) in [7, 11) is 0. The van der Waals surface area contributed by atoms with Gasteiger partial charge in [0.15, 0.2) is 6.29 Å². The molecule has 2 fully saturated rings. The fraction of sp³-hybridized carbons (Fsp3) is 0.571. The van der Waals surface area contributed by atoms with Crippen molar-refractivity contribution in [2.45, 2.75) is 19.3 Å². The summed E-state index contributed by atoms with van der Waals surface area (Å²) >= 11 is 0. The summed E-state index contributed by atoms with van der Waals surface area (Å²) in [6.07, 6.45) is 6.11. The van der Waals surface area contributed by atoms with Crippen molar-refractivity contribution in [3.8, 4) is 0 Å². The molecule has 1 spiro atoms. The van der Waals surface area contributed by atoms with E-state index in [2.05, 4.69) is 9.88 Å². The van der Waals surface area contributed by atoms with E-state index >= 15 is 0 Å². The van der Waals surface area contributed by atoms with Crippen LogP contribution in [-0.4, -0.2) is 37.6 Å². The van der Waals surface area contributed by atoms with Gasteiger partial charge in [0, 0.05) is 32.5 Å². The lowest BCUT2D eigenvalue weighted by Crippen LogP contribution is -2.33. The molecule has 18 heavy (non-hydrogen) atoms. The van der Waals surface area contributed by atoms with E-state index in [-0.39, 0.29) is 0 Å². The summed E-state index contributed by atoms with van der Waals surface area (Å²) in [5, 5.41) is 0. The molecule has 0 bridgehead atoms. The fourth-order valence-corrected chi connectivity index (χ4v) is 3.09. The molecule has 0 amide bonds. The number of rotatable bonds is 2. The van der Waals surface area contributed by atoms with Crippen LogP contribution >= 0.6 is 0 Å². The molecule has 0 aliphatic carbocycles. The molecule has 2 aliphatic rings. The smallest absolute Gasteiger partial charge is 0.153 e. The van der Waals surface area contributed by atoms with Crippen molar-refractivity contribution >= 4 is 12.1 Å². The Balaban J connectivity index is 1.80. The van der Waals surface area contributed by atoms with E-state index in [1.54, 1.807) is 6.20 Å². The van der Waals surface area contributed by atoms with Crippen molar-refractivity contribution in [2.24, 2.45) is 5.41 Å². The van der Waals surface area contributed by atoms with Gasteiger partial charge in [-0.15, -0.1) is 0 Å². The van der Waals surface area contributed by atoms with Gasteiger partial charge in [0.2, 0.25) is 0 Å². The Morgan fingerprint density at radius 2 is 2.17 bits per heavy atom. The largest absolute Gasteiger partial charge is 0.381 e. The van der Waals surface area contributed by atoms with Gasteiger partial charge in [-0.1, -0.05) is 0 Å². The highest BCUT2D eigenvalue weighted by molar-refractivity contribution is 5.82. The molecule has 0 saturated carbocycles. The molecule has 0 radical (unpaired) electrons. The Bertz CT molecular complexity index is 441. The first kappa shape index (κ1) is 11.7. The summed E-state index contributed by atoms with van der Waals surface area (Å²) in [6, 6.07) is 3.65. The lowest BCUT2D eigenvalue weighted by molar-refractivity contribution is 0.0254. The number of aromatic nitrogens is 1. The third-order valence-corrected chi connectivity index (χ3v) is 4.24. The average Bonchev–Trinajstić information content (AvgIpc) is 2.83. The van der Waals surface area contributed by atoms with Gasteiger partial charge in [-0.3, -0.25) is 4.79 Å². The number of carbonyl (C=O) groups is 1. The maximum absolute atomic E-state index is 11.1. The minimum Gasteiger partial charge on any atom is -0.381 e. The minimum absolute atomic E-state index is 0.385. The maximum atomic E-state index is 11.1. The highest BCUT2D eigenvalue weighted by Gasteiger charge is 2.40. The van der Waals surface area contributed by atoms with Crippen molar-refractivity contribution in [3.05, 3.63) is 23.9 Å². The average molecular weight is 246 g/mol. The van der Waals surface area contributed by atoms with Crippen molar-refractivity contribution < 1.29 is 9.53 Å². The molecule has 4 nitrogen and oxygen atoms in total. The maximum Gasteiger partial charge on any atom is 0.153 e. The Hall–Kier alpha value is -1.42. The van der Waals surface area contributed by atoms with E-state index in [0.717, 1.165) is 51.2 Å². The first-order valence-corrected chi connectivity index (χ1v) is 6.56. The van der Waals surface area contributed by atoms with Crippen LogP contribution in [0.15, 0.2) is 18.3 Å². The van der Waals surface area contributed by atoms with Crippen molar-refractivity contribution in [2.75, 3.05) is 31.2 Å². The van der Waals surface area contributed by atoms with Crippen LogP contribution in [0.4, 0.5) is 5.82 Å². The van der Waals surface area contributed by atoms with Crippen molar-refractivity contribution in [3.63, 3.8) is 0 Å². The number of hydrogen-bond donors (Lipinski definition) is 0.